The molecule has 1 unspecified atom stereocenters. The zero-order valence-corrected chi connectivity index (χ0v) is 12.3. The summed E-state index contributed by atoms with van der Waals surface area (Å²) in [5.41, 5.74) is 0.809. The van der Waals surface area contributed by atoms with E-state index < -0.39 is 17.5 Å². The number of carboxylic acid groups (broad SMARTS) is 1. The van der Waals surface area contributed by atoms with Crippen molar-refractivity contribution in [3.8, 4) is 0 Å². The molecule has 0 heterocycles. The first-order valence-electron chi connectivity index (χ1n) is 6.37. The zero-order chi connectivity index (χ0) is 15.5. The molecule has 1 atom stereocenters. The van der Waals surface area contributed by atoms with E-state index in [-0.39, 0.29) is 11.5 Å². The Bertz CT molecular complexity index is 520. The highest BCUT2D eigenvalue weighted by atomic mass is 16.6. The maximum Gasteiger partial charge on any atom is 0.335 e. The van der Waals surface area contributed by atoms with E-state index in [1.54, 1.807) is 31.2 Å². The van der Waals surface area contributed by atoms with Crippen molar-refractivity contribution < 1.29 is 19.4 Å². The number of benzene rings is 1. The van der Waals surface area contributed by atoms with Gasteiger partial charge in [-0.1, -0.05) is 30.8 Å². The van der Waals surface area contributed by atoms with Crippen molar-refractivity contribution in [2.45, 2.75) is 39.2 Å². The lowest BCUT2D eigenvalue weighted by atomic mass is 9.98. The Morgan fingerprint density at radius 2 is 1.70 bits per heavy atom. The zero-order valence-electron chi connectivity index (χ0n) is 12.3. The number of ether oxygens (including phenoxy) is 1. The molecule has 1 aromatic carbocycles. The molecule has 4 nitrogen and oxygen atoms in total. The van der Waals surface area contributed by atoms with Gasteiger partial charge in [0.25, 0.3) is 0 Å². The van der Waals surface area contributed by atoms with Gasteiger partial charge in [-0.2, -0.15) is 0 Å². The normalized spacial score (nSPS) is 12.6. The Morgan fingerprint density at radius 3 is 2.10 bits per heavy atom. The SMILES string of the molecule is C=C(C(=O)O)c1ccc(C(C)C(=O)OC(C)(C)C)cc1. The van der Waals surface area contributed by atoms with Crippen molar-refractivity contribution in [3.05, 3.63) is 42.0 Å². The van der Waals surface area contributed by atoms with Crippen LogP contribution in [0.15, 0.2) is 30.8 Å². The third-order valence-corrected chi connectivity index (χ3v) is 2.78. The second-order valence-electron chi connectivity index (χ2n) is 5.66. The van der Waals surface area contributed by atoms with Crippen LogP contribution in [0.2, 0.25) is 0 Å². The molecule has 0 bridgehead atoms. The molecule has 0 amide bonds. The van der Waals surface area contributed by atoms with E-state index >= 15 is 0 Å². The van der Waals surface area contributed by atoms with Gasteiger partial charge in [0.15, 0.2) is 0 Å². The Balaban J connectivity index is 2.86. The van der Waals surface area contributed by atoms with Crippen molar-refractivity contribution in [1.82, 2.24) is 0 Å². The number of esters is 1. The molecule has 4 heteroatoms. The first kappa shape index (κ1) is 16.0. The minimum Gasteiger partial charge on any atom is -0.478 e. The third-order valence-electron chi connectivity index (χ3n) is 2.78. The monoisotopic (exact) mass is 276 g/mol. The highest BCUT2D eigenvalue weighted by molar-refractivity contribution is 6.14. The molecule has 0 radical (unpaired) electrons. The second-order valence-corrected chi connectivity index (χ2v) is 5.66. The Morgan fingerprint density at radius 1 is 1.20 bits per heavy atom. The molecule has 108 valence electrons. The highest BCUT2D eigenvalue weighted by Crippen LogP contribution is 2.22. The molecule has 0 aliphatic heterocycles. The lowest BCUT2D eigenvalue weighted by Gasteiger charge is -2.22. The summed E-state index contributed by atoms with van der Waals surface area (Å²) < 4.78 is 5.32. The van der Waals surface area contributed by atoms with Crippen LogP contribution in [0, 0.1) is 0 Å². The number of hydrogen-bond donors (Lipinski definition) is 1. The number of hydrogen-bond acceptors (Lipinski definition) is 3. The molecular formula is C16H20O4. The van der Waals surface area contributed by atoms with Crippen molar-refractivity contribution in [2.75, 3.05) is 0 Å². The summed E-state index contributed by atoms with van der Waals surface area (Å²) in [5.74, 6) is -1.76. The minimum atomic E-state index is -1.06. The summed E-state index contributed by atoms with van der Waals surface area (Å²) in [4.78, 5) is 22.8. The molecule has 1 N–H and O–H groups in total. The molecule has 0 spiro atoms. The van der Waals surface area contributed by atoms with E-state index in [2.05, 4.69) is 6.58 Å². The number of rotatable bonds is 4. The summed E-state index contributed by atoms with van der Waals surface area (Å²) in [7, 11) is 0. The molecule has 20 heavy (non-hydrogen) atoms. The van der Waals surface area contributed by atoms with Gasteiger partial charge in [0.1, 0.15) is 5.60 Å². The van der Waals surface area contributed by atoms with E-state index in [9.17, 15) is 9.59 Å². The van der Waals surface area contributed by atoms with Crippen LogP contribution in [0.4, 0.5) is 0 Å². The van der Waals surface area contributed by atoms with Crippen LogP contribution in [0.5, 0.6) is 0 Å². The largest absolute Gasteiger partial charge is 0.478 e. The smallest absolute Gasteiger partial charge is 0.335 e. The second kappa shape index (κ2) is 5.90. The van der Waals surface area contributed by atoms with Crippen LogP contribution >= 0.6 is 0 Å². The van der Waals surface area contributed by atoms with Gasteiger partial charge >= 0.3 is 11.9 Å². The fourth-order valence-corrected chi connectivity index (χ4v) is 1.62. The van der Waals surface area contributed by atoms with E-state index in [4.69, 9.17) is 9.84 Å². The van der Waals surface area contributed by atoms with Gasteiger partial charge in [-0.25, -0.2) is 4.79 Å². The standard InChI is InChI=1S/C16H20O4/c1-10(14(17)18)12-6-8-13(9-7-12)11(2)15(19)20-16(3,4)5/h6-9,11H,1H2,2-5H3,(H,17,18). The van der Waals surface area contributed by atoms with Crippen molar-refractivity contribution in [2.24, 2.45) is 0 Å². The van der Waals surface area contributed by atoms with Crippen LogP contribution in [0.25, 0.3) is 5.57 Å². The lowest BCUT2D eigenvalue weighted by Crippen LogP contribution is -2.26. The summed E-state index contributed by atoms with van der Waals surface area (Å²) >= 11 is 0. The van der Waals surface area contributed by atoms with Crippen molar-refractivity contribution in [3.63, 3.8) is 0 Å². The number of carbonyl (C=O) groups is 2. The Kier molecular flexibility index (Phi) is 4.71. The minimum absolute atomic E-state index is 0.0291. The fraction of sp³-hybridized carbons (Fsp3) is 0.375. The first-order valence-corrected chi connectivity index (χ1v) is 6.37. The molecule has 0 aliphatic rings. The summed E-state index contributed by atoms with van der Waals surface area (Å²) in [6, 6.07) is 6.73. The Hall–Kier alpha value is -2.10. The predicted octanol–water partition coefficient (Wildman–Crippen LogP) is 3.23. The molecule has 0 saturated heterocycles. The third kappa shape index (κ3) is 4.23. The molecule has 1 aromatic rings. The topological polar surface area (TPSA) is 63.6 Å². The van der Waals surface area contributed by atoms with Crippen LogP contribution in [-0.2, 0) is 14.3 Å². The average Bonchev–Trinajstić information content (AvgIpc) is 2.35. The number of aliphatic carboxylic acids is 1. The Labute approximate surface area is 119 Å². The maximum atomic E-state index is 12.0. The van der Waals surface area contributed by atoms with Crippen molar-refractivity contribution in [1.29, 1.82) is 0 Å². The number of carbonyl (C=O) groups excluding carboxylic acids is 1. The summed E-state index contributed by atoms with van der Waals surface area (Å²) in [5, 5.41) is 8.86. The van der Waals surface area contributed by atoms with Gasteiger partial charge in [0.05, 0.1) is 11.5 Å². The van der Waals surface area contributed by atoms with Gasteiger partial charge in [0, 0.05) is 0 Å². The molecular weight excluding hydrogens is 256 g/mol. The average molecular weight is 276 g/mol. The first-order chi connectivity index (χ1) is 9.11. The molecule has 0 aliphatic carbocycles. The lowest BCUT2D eigenvalue weighted by molar-refractivity contribution is -0.156. The van der Waals surface area contributed by atoms with E-state index in [1.165, 1.54) is 0 Å². The van der Waals surface area contributed by atoms with E-state index in [0.717, 1.165) is 5.56 Å². The van der Waals surface area contributed by atoms with Crippen molar-refractivity contribution >= 4 is 17.5 Å². The van der Waals surface area contributed by atoms with Crippen LogP contribution < -0.4 is 0 Å². The maximum absolute atomic E-state index is 12.0. The van der Waals surface area contributed by atoms with E-state index in [1.807, 2.05) is 20.8 Å². The number of carboxylic acids is 1. The molecule has 0 aromatic heterocycles. The van der Waals surface area contributed by atoms with Gasteiger partial charge in [-0.15, -0.1) is 0 Å². The molecule has 1 rings (SSSR count). The van der Waals surface area contributed by atoms with Crippen LogP contribution in [0.3, 0.4) is 0 Å². The van der Waals surface area contributed by atoms with E-state index in [0.29, 0.717) is 5.56 Å². The van der Waals surface area contributed by atoms with Crippen LogP contribution in [-0.4, -0.2) is 22.6 Å². The quantitative estimate of drug-likeness (QED) is 0.677. The summed E-state index contributed by atoms with van der Waals surface area (Å²) in [6.07, 6.45) is 0. The predicted molar refractivity (Wildman–Crippen MR) is 77.4 cm³/mol. The highest BCUT2D eigenvalue weighted by Gasteiger charge is 2.23. The summed E-state index contributed by atoms with van der Waals surface area (Å²) in [6.45, 7) is 10.7. The molecule has 0 saturated carbocycles. The van der Waals surface area contributed by atoms with Gasteiger partial charge < -0.3 is 9.84 Å². The van der Waals surface area contributed by atoms with Gasteiger partial charge in [0.2, 0.25) is 0 Å². The van der Waals surface area contributed by atoms with Crippen LogP contribution in [0.1, 0.15) is 44.7 Å². The molecule has 0 fully saturated rings. The van der Waals surface area contributed by atoms with Gasteiger partial charge in [-0.05, 0) is 38.8 Å². The van der Waals surface area contributed by atoms with Gasteiger partial charge in [-0.3, -0.25) is 4.79 Å². The fourth-order valence-electron chi connectivity index (χ4n) is 1.62.